The molecule has 0 radical (unpaired) electrons. The van der Waals surface area contributed by atoms with Gasteiger partial charge in [-0.25, -0.2) is 5.43 Å². The van der Waals surface area contributed by atoms with Gasteiger partial charge >= 0.3 is 0 Å². The zero-order valence-corrected chi connectivity index (χ0v) is 18.2. The van der Waals surface area contributed by atoms with Gasteiger partial charge in [-0.05, 0) is 27.6 Å². The van der Waals surface area contributed by atoms with Crippen LogP contribution in [-0.2, 0) is 9.47 Å². The molecule has 2 aliphatic heterocycles. The van der Waals surface area contributed by atoms with Gasteiger partial charge < -0.3 is 19.3 Å². The summed E-state index contributed by atoms with van der Waals surface area (Å²) in [6, 6.07) is 10.0. The molecule has 1 N–H and O–H groups in total. The van der Waals surface area contributed by atoms with Crippen molar-refractivity contribution in [3.05, 3.63) is 42.0 Å². The van der Waals surface area contributed by atoms with E-state index in [2.05, 4.69) is 51.2 Å². The highest BCUT2D eigenvalue weighted by molar-refractivity contribution is 9.18. The maximum Gasteiger partial charge on any atom is 0.250 e. The lowest BCUT2D eigenvalue weighted by Gasteiger charge is -2.30. The van der Waals surface area contributed by atoms with Crippen molar-refractivity contribution < 1.29 is 9.47 Å². The van der Waals surface area contributed by atoms with Crippen LogP contribution in [0.1, 0.15) is 5.56 Å². The van der Waals surface area contributed by atoms with Crippen molar-refractivity contribution in [3.8, 4) is 0 Å². The van der Waals surface area contributed by atoms with Crippen molar-refractivity contribution in [2.45, 2.75) is 0 Å². The zero-order chi connectivity index (χ0) is 20.6. The molecule has 0 aliphatic carbocycles. The van der Waals surface area contributed by atoms with Crippen molar-refractivity contribution in [2.24, 2.45) is 5.10 Å². The van der Waals surface area contributed by atoms with Crippen LogP contribution in [0.3, 0.4) is 0 Å². The summed E-state index contributed by atoms with van der Waals surface area (Å²) in [5.74, 6) is 1.66. The van der Waals surface area contributed by atoms with Crippen LogP contribution in [0.4, 0.5) is 17.8 Å². The fraction of sp³-hybridized carbons (Fsp3) is 0.400. The molecule has 2 fully saturated rings. The fourth-order valence-electron chi connectivity index (χ4n) is 3.08. The summed E-state index contributed by atoms with van der Waals surface area (Å²) in [5.41, 5.74) is 4.04. The normalized spacial score (nSPS) is 18.1. The van der Waals surface area contributed by atoms with E-state index >= 15 is 0 Å². The van der Waals surface area contributed by atoms with Crippen molar-refractivity contribution in [1.82, 2.24) is 15.0 Å². The van der Waals surface area contributed by atoms with Crippen LogP contribution in [0.5, 0.6) is 0 Å². The van der Waals surface area contributed by atoms with Crippen LogP contribution in [0, 0.1) is 0 Å². The van der Waals surface area contributed by atoms with Gasteiger partial charge in [0.15, 0.2) is 0 Å². The number of aromatic nitrogens is 3. The summed E-state index contributed by atoms with van der Waals surface area (Å²) in [5, 5.41) is 4.34. The smallest absolute Gasteiger partial charge is 0.250 e. The standard InChI is InChI=1S/C20H24BrN7O2/c21-17(7-6-16-4-2-1-3-5-16)25-26-18-22-19(27-8-12-29-13-9-27)24-20(23-18)28-10-14-30-15-11-28/h1-7H,8-15H2,(H,22,23,24,26)/b7-6?,25-17-. The number of benzene rings is 1. The van der Waals surface area contributed by atoms with Crippen LogP contribution >= 0.6 is 15.9 Å². The minimum absolute atomic E-state index is 0.401. The topological polar surface area (TPSA) is 88.0 Å². The minimum Gasteiger partial charge on any atom is -0.378 e. The monoisotopic (exact) mass is 473 g/mol. The predicted octanol–water partition coefficient (Wildman–Crippen LogP) is 2.38. The van der Waals surface area contributed by atoms with Crippen LogP contribution in [-0.4, -0.2) is 72.2 Å². The van der Waals surface area contributed by atoms with Crippen molar-refractivity contribution in [2.75, 3.05) is 67.8 Å². The maximum atomic E-state index is 5.45. The van der Waals surface area contributed by atoms with E-state index in [1.807, 2.05) is 42.5 Å². The second-order valence-corrected chi connectivity index (χ2v) is 7.56. The van der Waals surface area contributed by atoms with Crippen LogP contribution in [0.15, 0.2) is 41.5 Å². The molecule has 2 aliphatic rings. The molecule has 3 heterocycles. The zero-order valence-electron chi connectivity index (χ0n) is 16.6. The number of morpholine rings is 2. The molecule has 0 amide bonds. The van der Waals surface area contributed by atoms with Crippen molar-refractivity contribution >= 4 is 44.5 Å². The fourth-order valence-corrected chi connectivity index (χ4v) is 3.30. The Bertz CT molecular complexity index is 846. The second kappa shape index (κ2) is 10.5. The Morgan fingerprint density at radius 3 is 2.03 bits per heavy atom. The number of ether oxygens (including phenoxy) is 2. The highest BCUT2D eigenvalue weighted by Crippen LogP contribution is 2.19. The van der Waals surface area contributed by atoms with E-state index in [1.54, 1.807) is 0 Å². The molecular weight excluding hydrogens is 450 g/mol. The van der Waals surface area contributed by atoms with Crippen LogP contribution < -0.4 is 15.2 Å². The first-order valence-electron chi connectivity index (χ1n) is 9.92. The average molecular weight is 474 g/mol. The molecule has 10 heteroatoms. The molecule has 1 aromatic heterocycles. The van der Waals surface area contributed by atoms with Gasteiger partial charge in [0.2, 0.25) is 17.8 Å². The molecule has 2 aromatic rings. The number of anilines is 3. The Labute approximate surface area is 183 Å². The minimum atomic E-state index is 0.401. The van der Waals surface area contributed by atoms with E-state index in [0.29, 0.717) is 48.9 Å². The highest BCUT2D eigenvalue weighted by atomic mass is 79.9. The van der Waals surface area contributed by atoms with E-state index in [1.165, 1.54) is 0 Å². The average Bonchev–Trinajstić information content (AvgIpc) is 2.83. The van der Waals surface area contributed by atoms with Gasteiger partial charge in [0.05, 0.1) is 26.4 Å². The van der Waals surface area contributed by atoms with Gasteiger partial charge in [-0.3, -0.25) is 0 Å². The summed E-state index contributed by atoms with van der Waals surface area (Å²) in [6.45, 7) is 5.64. The number of nitrogens with one attached hydrogen (secondary N) is 1. The molecule has 0 atom stereocenters. The van der Waals surface area contributed by atoms with Gasteiger partial charge in [0.1, 0.15) is 4.62 Å². The summed E-state index contributed by atoms with van der Waals surface area (Å²) in [4.78, 5) is 18.0. The molecule has 0 bridgehead atoms. The van der Waals surface area contributed by atoms with E-state index in [4.69, 9.17) is 9.47 Å². The SMILES string of the molecule is Br/C(C=Cc1ccccc1)=N\Nc1nc(N2CCOCC2)nc(N2CCOCC2)n1. The van der Waals surface area contributed by atoms with Crippen molar-refractivity contribution in [3.63, 3.8) is 0 Å². The van der Waals surface area contributed by atoms with E-state index in [9.17, 15) is 0 Å². The molecule has 0 saturated carbocycles. The molecule has 0 spiro atoms. The Kier molecular flexibility index (Phi) is 7.22. The Morgan fingerprint density at radius 2 is 1.47 bits per heavy atom. The molecule has 158 valence electrons. The molecule has 30 heavy (non-hydrogen) atoms. The third-order valence-corrected chi connectivity index (χ3v) is 5.12. The summed E-state index contributed by atoms with van der Waals surface area (Å²) < 4.78 is 11.5. The molecule has 1 aromatic carbocycles. The molecule has 4 rings (SSSR count). The predicted molar refractivity (Wildman–Crippen MR) is 121 cm³/mol. The third kappa shape index (κ3) is 5.74. The van der Waals surface area contributed by atoms with E-state index in [0.717, 1.165) is 31.7 Å². The number of halogens is 1. The van der Waals surface area contributed by atoms with Crippen LogP contribution in [0.2, 0.25) is 0 Å². The number of hydrazone groups is 1. The largest absolute Gasteiger partial charge is 0.378 e. The Morgan fingerprint density at radius 1 is 0.900 bits per heavy atom. The number of rotatable bonds is 6. The van der Waals surface area contributed by atoms with Gasteiger partial charge in [-0.1, -0.05) is 36.4 Å². The summed E-state index contributed by atoms with van der Waals surface area (Å²) in [6.07, 6.45) is 3.84. The van der Waals surface area contributed by atoms with Gasteiger partial charge in [0, 0.05) is 26.2 Å². The lowest BCUT2D eigenvalue weighted by Crippen LogP contribution is -2.40. The Hall–Kier alpha value is -2.56. The quantitative estimate of drug-likeness (QED) is 0.505. The lowest BCUT2D eigenvalue weighted by molar-refractivity contribution is 0.121. The molecule has 2 saturated heterocycles. The number of allylic oxidation sites excluding steroid dienone is 1. The lowest BCUT2D eigenvalue weighted by atomic mass is 10.2. The van der Waals surface area contributed by atoms with Crippen LogP contribution in [0.25, 0.3) is 6.08 Å². The maximum absolute atomic E-state index is 5.45. The van der Waals surface area contributed by atoms with E-state index in [-0.39, 0.29) is 0 Å². The second-order valence-electron chi connectivity index (χ2n) is 6.75. The van der Waals surface area contributed by atoms with Gasteiger partial charge in [0.25, 0.3) is 0 Å². The molecular formula is C20H24BrN7O2. The first-order valence-corrected chi connectivity index (χ1v) is 10.7. The highest BCUT2D eigenvalue weighted by Gasteiger charge is 2.20. The van der Waals surface area contributed by atoms with E-state index < -0.39 is 0 Å². The van der Waals surface area contributed by atoms with Crippen molar-refractivity contribution in [1.29, 1.82) is 0 Å². The summed E-state index contributed by atoms with van der Waals surface area (Å²) in [7, 11) is 0. The first-order chi connectivity index (χ1) is 14.8. The molecule has 0 unspecified atom stereocenters. The Balaban J connectivity index is 1.52. The van der Waals surface area contributed by atoms with Gasteiger partial charge in [-0.15, -0.1) is 0 Å². The number of nitrogens with zero attached hydrogens (tertiary/aromatic N) is 6. The third-order valence-electron chi connectivity index (χ3n) is 4.68. The number of hydrogen-bond donors (Lipinski definition) is 1. The number of hydrogen-bond acceptors (Lipinski definition) is 9. The van der Waals surface area contributed by atoms with Gasteiger partial charge in [-0.2, -0.15) is 20.1 Å². The molecule has 9 nitrogen and oxygen atoms in total. The summed E-state index contributed by atoms with van der Waals surface area (Å²) >= 11 is 3.46. The first kappa shape index (κ1) is 20.7.